The van der Waals surface area contributed by atoms with Gasteiger partial charge in [-0.1, -0.05) is 12.1 Å². The molecule has 1 aromatic carbocycles. The molecule has 2 aromatic rings. The number of imidazole rings is 1. The van der Waals surface area contributed by atoms with Gasteiger partial charge in [-0.25, -0.2) is 4.79 Å². The molecule has 0 amide bonds. The van der Waals surface area contributed by atoms with Crippen LogP contribution in [0.25, 0.3) is 11.0 Å². The van der Waals surface area contributed by atoms with E-state index in [1.165, 1.54) is 37.6 Å². The maximum Gasteiger partial charge on any atom is 0.349 e. The van der Waals surface area contributed by atoms with Crippen molar-refractivity contribution in [3.8, 4) is 0 Å². The average molecular weight is 378 g/mol. The zero-order chi connectivity index (χ0) is 18.0. The van der Waals surface area contributed by atoms with Gasteiger partial charge in [-0.3, -0.25) is 18.3 Å². The van der Waals surface area contributed by atoms with Gasteiger partial charge in [0.1, 0.15) is 12.6 Å². The fourth-order valence-corrected chi connectivity index (χ4v) is 4.27. The Hall–Kier alpha value is -1.21. The second-order valence-corrected chi connectivity index (χ2v) is 9.33. The summed E-state index contributed by atoms with van der Waals surface area (Å²) < 4.78 is 47.0. The molecule has 0 unspecified atom stereocenters. The summed E-state index contributed by atoms with van der Waals surface area (Å²) in [6.45, 7) is 0. The molecule has 0 saturated heterocycles. The molecule has 9 nitrogen and oxygen atoms in total. The molecule has 0 radical (unpaired) electrons. The Balaban J connectivity index is 2.63. The number of hydrogen-bond donors (Lipinski definition) is 0. The van der Waals surface area contributed by atoms with Crippen LogP contribution >= 0.6 is 15.2 Å². The van der Waals surface area contributed by atoms with E-state index < -0.39 is 20.9 Å². The Labute approximate surface area is 139 Å². The average Bonchev–Trinajstić information content (AvgIpc) is 2.87. The molecular formula is C13H20N2O7P2. The molecule has 0 aliphatic heterocycles. The highest BCUT2D eigenvalue weighted by atomic mass is 31.2. The van der Waals surface area contributed by atoms with E-state index in [0.29, 0.717) is 11.0 Å². The van der Waals surface area contributed by atoms with Crippen molar-refractivity contribution >= 4 is 26.2 Å². The summed E-state index contributed by atoms with van der Waals surface area (Å²) in [4.78, 5) is 12.8. The Morgan fingerprint density at radius 2 is 1.12 bits per heavy atom. The topological polar surface area (TPSA) is 98.0 Å². The molecule has 2 rings (SSSR count). The Morgan fingerprint density at radius 1 is 0.792 bits per heavy atom. The van der Waals surface area contributed by atoms with Gasteiger partial charge in [0.2, 0.25) is 0 Å². The Morgan fingerprint density at radius 3 is 1.42 bits per heavy atom. The quantitative estimate of drug-likeness (QED) is 0.652. The van der Waals surface area contributed by atoms with Crippen LogP contribution in [0.1, 0.15) is 0 Å². The third kappa shape index (κ3) is 3.57. The van der Waals surface area contributed by atoms with Crippen molar-refractivity contribution in [3.05, 3.63) is 34.7 Å². The monoisotopic (exact) mass is 378 g/mol. The fraction of sp³-hybridized carbons (Fsp3) is 0.462. The molecule has 0 atom stereocenters. The van der Waals surface area contributed by atoms with E-state index >= 15 is 0 Å². The first-order valence-corrected chi connectivity index (χ1v) is 10.4. The van der Waals surface area contributed by atoms with Crippen molar-refractivity contribution < 1.29 is 27.2 Å². The molecule has 24 heavy (non-hydrogen) atoms. The van der Waals surface area contributed by atoms with Gasteiger partial charge in [-0.15, -0.1) is 0 Å². The summed E-state index contributed by atoms with van der Waals surface area (Å²) in [6, 6.07) is 6.85. The van der Waals surface area contributed by atoms with Gasteiger partial charge in [-0.2, -0.15) is 0 Å². The molecule has 0 aliphatic rings. The van der Waals surface area contributed by atoms with Crippen LogP contribution in [0.5, 0.6) is 0 Å². The maximum atomic E-state index is 12.8. The summed E-state index contributed by atoms with van der Waals surface area (Å²) >= 11 is 0. The van der Waals surface area contributed by atoms with Crippen LogP contribution in [0.2, 0.25) is 0 Å². The van der Waals surface area contributed by atoms with Crippen molar-refractivity contribution in [2.45, 2.75) is 12.6 Å². The standard InChI is InChI=1S/C13H20N2O7P2/c1-19-23(17,20-2)9-14-11-7-5-6-8-12(11)15(13(14)16)10-24(18,21-3)22-4/h5-8H,9-10H2,1-4H3. The normalized spacial score (nSPS) is 12.8. The van der Waals surface area contributed by atoms with E-state index in [1.54, 1.807) is 24.3 Å². The lowest BCUT2D eigenvalue weighted by molar-refractivity contribution is 0.267. The first kappa shape index (κ1) is 19.1. The van der Waals surface area contributed by atoms with E-state index in [1.807, 2.05) is 0 Å². The molecule has 134 valence electrons. The zero-order valence-corrected chi connectivity index (χ0v) is 15.7. The third-order valence-corrected chi connectivity index (χ3v) is 7.15. The molecule has 1 aromatic heterocycles. The van der Waals surface area contributed by atoms with Crippen molar-refractivity contribution in [3.63, 3.8) is 0 Å². The van der Waals surface area contributed by atoms with Crippen molar-refractivity contribution in [2.75, 3.05) is 28.4 Å². The Kier molecular flexibility index (Phi) is 5.86. The van der Waals surface area contributed by atoms with E-state index in [2.05, 4.69) is 0 Å². The first-order chi connectivity index (χ1) is 11.3. The van der Waals surface area contributed by atoms with Gasteiger partial charge in [0.15, 0.2) is 0 Å². The molecule has 0 N–H and O–H groups in total. The predicted molar refractivity (Wildman–Crippen MR) is 89.4 cm³/mol. The second kappa shape index (κ2) is 7.35. The minimum absolute atomic E-state index is 0.267. The maximum absolute atomic E-state index is 12.8. The largest absolute Gasteiger partial charge is 0.349 e. The highest BCUT2D eigenvalue weighted by Gasteiger charge is 2.29. The number of benzene rings is 1. The van der Waals surface area contributed by atoms with Gasteiger partial charge in [0.05, 0.1) is 11.0 Å². The lowest BCUT2D eigenvalue weighted by Gasteiger charge is -2.14. The summed E-state index contributed by atoms with van der Waals surface area (Å²) in [7, 11) is -1.94. The van der Waals surface area contributed by atoms with Crippen LogP contribution in [-0.4, -0.2) is 37.6 Å². The minimum atomic E-state index is -3.47. The summed E-state index contributed by atoms with van der Waals surface area (Å²) in [5.74, 6) is 0. The van der Waals surface area contributed by atoms with E-state index in [4.69, 9.17) is 18.1 Å². The van der Waals surface area contributed by atoms with Crippen LogP contribution in [0.3, 0.4) is 0 Å². The van der Waals surface area contributed by atoms with Crippen LogP contribution in [0.15, 0.2) is 29.1 Å². The van der Waals surface area contributed by atoms with Gasteiger partial charge >= 0.3 is 20.9 Å². The third-order valence-electron chi connectivity index (χ3n) is 3.67. The molecule has 0 saturated carbocycles. The van der Waals surface area contributed by atoms with Crippen LogP contribution in [0.4, 0.5) is 0 Å². The van der Waals surface area contributed by atoms with Crippen molar-refractivity contribution in [2.24, 2.45) is 0 Å². The zero-order valence-electron chi connectivity index (χ0n) is 13.9. The second-order valence-electron chi connectivity index (χ2n) is 4.86. The molecule has 11 heteroatoms. The van der Waals surface area contributed by atoms with Gasteiger partial charge < -0.3 is 18.1 Å². The van der Waals surface area contributed by atoms with Crippen LogP contribution in [0, 0.1) is 0 Å². The molecular weight excluding hydrogens is 358 g/mol. The van der Waals surface area contributed by atoms with Crippen LogP contribution in [-0.2, 0) is 39.8 Å². The highest BCUT2D eigenvalue weighted by Crippen LogP contribution is 2.49. The summed E-state index contributed by atoms with van der Waals surface area (Å²) in [6.07, 6.45) is -0.534. The number of para-hydroxylation sites is 2. The lowest BCUT2D eigenvalue weighted by atomic mass is 10.3. The van der Waals surface area contributed by atoms with Crippen molar-refractivity contribution in [1.29, 1.82) is 0 Å². The smallest absolute Gasteiger partial charge is 0.311 e. The number of rotatable bonds is 8. The van der Waals surface area contributed by atoms with Gasteiger partial charge in [0, 0.05) is 28.4 Å². The van der Waals surface area contributed by atoms with Crippen molar-refractivity contribution in [1.82, 2.24) is 9.13 Å². The van der Waals surface area contributed by atoms with Crippen LogP contribution < -0.4 is 5.69 Å². The van der Waals surface area contributed by atoms with E-state index in [9.17, 15) is 13.9 Å². The molecule has 0 bridgehead atoms. The summed E-state index contributed by atoms with van der Waals surface area (Å²) in [5, 5.41) is 0. The number of hydrogen-bond acceptors (Lipinski definition) is 7. The van der Waals surface area contributed by atoms with E-state index in [0.717, 1.165) is 0 Å². The number of nitrogens with zero attached hydrogens (tertiary/aromatic N) is 2. The van der Waals surface area contributed by atoms with Gasteiger partial charge in [-0.05, 0) is 12.1 Å². The number of aromatic nitrogens is 2. The van der Waals surface area contributed by atoms with Gasteiger partial charge in [0.25, 0.3) is 0 Å². The molecule has 0 fully saturated rings. The Bertz CT molecular complexity index is 789. The fourth-order valence-electron chi connectivity index (χ4n) is 2.27. The SMILES string of the molecule is COP(=O)(Cn1c(=O)n(CP(=O)(OC)OC)c2ccccc21)OC. The highest BCUT2D eigenvalue weighted by molar-refractivity contribution is 7.53. The lowest BCUT2D eigenvalue weighted by Crippen LogP contribution is -2.25. The minimum Gasteiger partial charge on any atom is -0.311 e. The molecule has 0 spiro atoms. The first-order valence-electron chi connectivity index (χ1n) is 6.92. The van der Waals surface area contributed by atoms with E-state index in [-0.39, 0.29) is 12.6 Å². The summed E-state index contributed by atoms with van der Waals surface area (Å²) in [5.41, 5.74) is 0.506. The molecule has 1 heterocycles. The molecule has 0 aliphatic carbocycles. The predicted octanol–water partition coefficient (Wildman–Crippen LogP) is 2.69. The number of fused-ring (bicyclic) bond motifs is 1.